The summed E-state index contributed by atoms with van der Waals surface area (Å²) in [7, 11) is 0. The van der Waals surface area contributed by atoms with Crippen LogP contribution in [0.2, 0.25) is 0 Å². The van der Waals surface area contributed by atoms with Gasteiger partial charge in [0.15, 0.2) is 5.78 Å². The fourth-order valence-corrected chi connectivity index (χ4v) is 4.16. The van der Waals surface area contributed by atoms with Crippen LogP contribution in [0, 0.1) is 11.7 Å². The molecule has 6 nitrogen and oxygen atoms in total. The lowest BCUT2D eigenvalue weighted by Gasteiger charge is -2.22. The van der Waals surface area contributed by atoms with E-state index < -0.39 is 35.5 Å². The second-order valence-corrected chi connectivity index (χ2v) is 8.42. The first-order valence-corrected chi connectivity index (χ1v) is 11.0. The molecule has 0 aromatic heterocycles. The number of alkyl halides is 3. The van der Waals surface area contributed by atoms with Gasteiger partial charge in [0, 0.05) is 17.2 Å². The number of anilines is 2. The number of halogens is 4. The summed E-state index contributed by atoms with van der Waals surface area (Å²) in [5.74, 6) is -2.57. The van der Waals surface area contributed by atoms with Crippen molar-refractivity contribution in [3.8, 4) is 11.1 Å². The van der Waals surface area contributed by atoms with Crippen molar-refractivity contribution in [2.45, 2.75) is 25.4 Å². The van der Waals surface area contributed by atoms with Gasteiger partial charge in [-0.15, -0.1) is 0 Å². The number of carbonyl (C=O) groups excluding carboxylic acids is 2. The zero-order valence-electron chi connectivity index (χ0n) is 18.7. The van der Waals surface area contributed by atoms with Crippen LogP contribution in [0.3, 0.4) is 0 Å². The number of carboxylic acid groups (broad SMARTS) is 1. The smallest absolute Gasteiger partial charge is 0.416 e. The van der Waals surface area contributed by atoms with Crippen molar-refractivity contribution in [3.05, 3.63) is 83.2 Å². The lowest BCUT2D eigenvalue weighted by atomic mass is 9.80. The highest BCUT2D eigenvalue weighted by Crippen LogP contribution is 2.33. The number of fused-ring (bicyclic) bond motifs is 1. The molecule has 3 N–H and O–H groups in total. The van der Waals surface area contributed by atoms with Crippen LogP contribution in [0.4, 0.5) is 33.7 Å². The Morgan fingerprint density at radius 2 is 1.69 bits per heavy atom. The molecule has 0 spiro atoms. The maximum absolute atomic E-state index is 14.7. The first-order chi connectivity index (χ1) is 17.0. The van der Waals surface area contributed by atoms with Gasteiger partial charge in [0.2, 0.25) is 0 Å². The van der Waals surface area contributed by atoms with Gasteiger partial charge in [0.1, 0.15) is 5.82 Å². The topological polar surface area (TPSA) is 95.5 Å². The number of Topliss-reactive ketones (excluding diaryl/α,β-unsaturated/α-hetero) is 1. The fourth-order valence-electron chi connectivity index (χ4n) is 4.16. The number of hydrogen-bond donors (Lipinski definition) is 3. The zero-order chi connectivity index (χ0) is 26.0. The molecule has 1 aliphatic rings. The summed E-state index contributed by atoms with van der Waals surface area (Å²) >= 11 is 0. The predicted molar refractivity (Wildman–Crippen MR) is 124 cm³/mol. The van der Waals surface area contributed by atoms with Crippen LogP contribution in [0.15, 0.2) is 60.7 Å². The van der Waals surface area contributed by atoms with E-state index in [0.29, 0.717) is 29.5 Å². The van der Waals surface area contributed by atoms with E-state index in [1.54, 1.807) is 24.3 Å². The molecule has 0 saturated carbocycles. The summed E-state index contributed by atoms with van der Waals surface area (Å²) in [6.07, 6.45) is -3.86. The minimum Gasteiger partial charge on any atom is -0.481 e. The van der Waals surface area contributed by atoms with E-state index in [0.717, 1.165) is 23.8 Å². The lowest BCUT2D eigenvalue weighted by molar-refractivity contribution is -0.138. The first-order valence-electron chi connectivity index (χ1n) is 11.0. The average molecular weight is 500 g/mol. The van der Waals surface area contributed by atoms with Crippen molar-refractivity contribution in [2.24, 2.45) is 5.92 Å². The molecule has 3 aromatic carbocycles. The van der Waals surface area contributed by atoms with Crippen molar-refractivity contribution < 1.29 is 37.1 Å². The fraction of sp³-hybridized carbons (Fsp3) is 0.192. The van der Waals surface area contributed by atoms with Crippen LogP contribution in [-0.4, -0.2) is 22.9 Å². The molecule has 3 aromatic rings. The molecule has 0 saturated heterocycles. The Morgan fingerprint density at radius 1 is 0.972 bits per heavy atom. The van der Waals surface area contributed by atoms with E-state index in [2.05, 4.69) is 10.6 Å². The highest BCUT2D eigenvalue weighted by Gasteiger charge is 2.31. The molecule has 1 unspecified atom stereocenters. The van der Waals surface area contributed by atoms with Crippen LogP contribution in [-0.2, 0) is 17.4 Å². The molecule has 0 heterocycles. The van der Waals surface area contributed by atoms with Gasteiger partial charge in [-0.3, -0.25) is 9.59 Å². The van der Waals surface area contributed by atoms with Crippen molar-refractivity contribution in [1.82, 2.24) is 0 Å². The lowest BCUT2D eigenvalue weighted by Crippen LogP contribution is -2.24. The number of amides is 2. The Hall–Kier alpha value is -4.21. The molecule has 0 radical (unpaired) electrons. The molecule has 4 rings (SSSR count). The summed E-state index contributed by atoms with van der Waals surface area (Å²) in [4.78, 5) is 35.7. The Labute approximate surface area is 202 Å². The highest BCUT2D eigenvalue weighted by atomic mass is 19.4. The second-order valence-electron chi connectivity index (χ2n) is 8.42. The quantitative estimate of drug-likeness (QED) is 0.355. The van der Waals surface area contributed by atoms with Crippen LogP contribution >= 0.6 is 0 Å². The van der Waals surface area contributed by atoms with Gasteiger partial charge in [0.25, 0.3) is 0 Å². The van der Waals surface area contributed by atoms with Gasteiger partial charge in [-0.2, -0.15) is 13.2 Å². The normalized spacial score (nSPS) is 15.2. The van der Waals surface area contributed by atoms with E-state index in [1.165, 1.54) is 18.2 Å². The number of carboxylic acids is 1. The van der Waals surface area contributed by atoms with Crippen LogP contribution in [0.5, 0.6) is 0 Å². The summed E-state index contributed by atoms with van der Waals surface area (Å²) in [5.41, 5.74) is 1.13. The van der Waals surface area contributed by atoms with Crippen molar-refractivity contribution in [1.29, 1.82) is 0 Å². The number of rotatable bonds is 5. The predicted octanol–water partition coefficient (Wildman–Crippen LogP) is 6.38. The molecule has 10 heteroatoms. The van der Waals surface area contributed by atoms with E-state index >= 15 is 0 Å². The van der Waals surface area contributed by atoms with E-state index in [1.807, 2.05) is 0 Å². The summed E-state index contributed by atoms with van der Waals surface area (Å²) in [5, 5.41) is 13.5. The Kier molecular flexibility index (Phi) is 6.78. The molecular formula is C26H20F4N2O4. The third-order valence-corrected chi connectivity index (χ3v) is 5.92. The van der Waals surface area contributed by atoms with Gasteiger partial charge in [0.05, 0.1) is 17.7 Å². The molecule has 2 amide bonds. The van der Waals surface area contributed by atoms with E-state index in [-0.39, 0.29) is 23.6 Å². The molecule has 0 fully saturated rings. The molecular weight excluding hydrogens is 480 g/mol. The van der Waals surface area contributed by atoms with Gasteiger partial charge in [-0.25, -0.2) is 9.18 Å². The molecule has 1 atom stereocenters. The number of aliphatic carboxylic acids is 1. The summed E-state index contributed by atoms with van der Waals surface area (Å²) in [6, 6.07) is 12.2. The second kappa shape index (κ2) is 9.80. The number of urea groups is 1. The largest absolute Gasteiger partial charge is 0.481 e. The number of ketones is 1. The number of carbonyl (C=O) groups is 3. The number of hydrogen-bond acceptors (Lipinski definition) is 3. The van der Waals surface area contributed by atoms with Crippen LogP contribution in [0.1, 0.15) is 34.3 Å². The summed E-state index contributed by atoms with van der Waals surface area (Å²) in [6.45, 7) is 0. The standard InChI is InChI=1S/C26H20F4N2O4/c27-21-11-15(14-6-8-20-16(10-14)4-5-17(24(20)35)12-23(33)34)7-9-22(21)32-25(36)31-19-3-1-2-18(13-19)26(28,29)30/h1-3,6-11,13,17H,4-5,12H2,(H,33,34)(H2,31,32,36). The minimum absolute atomic E-state index is 0.103. The van der Waals surface area contributed by atoms with Crippen molar-refractivity contribution in [3.63, 3.8) is 0 Å². The van der Waals surface area contributed by atoms with Crippen LogP contribution in [0.25, 0.3) is 11.1 Å². The Bertz CT molecular complexity index is 1350. The van der Waals surface area contributed by atoms with E-state index in [9.17, 15) is 31.9 Å². The molecule has 36 heavy (non-hydrogen) atoms. The summed E-state index contributed by atoms with van der Waals surface area (Å²) < 4.78 is 53.3. The Morgan fingerprint density at radius 3 is 2.39 bits per heavy atom. The van der Waals surface area contributed by atoms with Gasteiger partial charge < -0.3 is 15.7 Å². The van der Waals surface area contributed by atoms with Crippen LogP contribution < -0.4 is 10.6 Å². The maximum Gasteiger partial charge on any atom is 0.416 e. The van der Waals surface area contributed by atoms with Gasteiger partial charge in [-0.1, -0.05) is 30.3 Å². The number of aryl methyl sites for hydroxylation is 1. The van der Waals surface area contributed by atoms with Crippen molar-refractivity contribution in [2.75, 3.05) is 10.6 Å². The zero-order valence-corrected chi connectivity index (χ0v) is 18.7. The minimum atomic E-state index is -4.57. The third kappa shape index (κ3) is 5.54. The van der Waals surface area contributed by atoms with E-state index in [4.69, 9.17) is 5.11 Å². The molecule has 0 bridgehead atoms. The highest BCUT2D eigenvalue weighted by molar-refractivity contribution is 6.02. The molecule has 186 valence electrons. The number of benzene rings is 3. The number of nitrogens with one attached hydrogen (secondary N) is 2. The maximum atomic E-state index is 14.7. The SMILES string of the molecule is O=C(O)CC1CCc2cc(-c3ccc(NC(=O)Nc4cccc(C(F)(F)F)c4)c(F)c3)ccc2C1=O. The third-order valence-electron chi connectivity index (χ3n) is 5.92. The average Bonchev–Trinajstić information content (AvgIpc) is 2.81. The molecule has 0 aliphatic heterocycles. The van der Waals surface area contributed by atoms with Crippen molar-refractivity contribution >= 4 is 29.2 Å². The first kappa shape index (κ1) is 24.9. The monoisotopic (exact) mass is 500 g/mol. The van der Waals surface area contributed by atoms with Gasteiger partial charge in [-0.05, 0) is 59.9 Å². The van der Waals surface area contributed by atoms with Gasteiger partial charge >= 0.3 is 18.2 Å². The molecule has 1 aliphatic carbocycles. The Balaban J connectivity index is 1.47.